The van der Waals surface area contributed by atoms with Gasteiger partial charge in [0.25, 0.3) is 5.91 Å². The topological polar surface area (TPSA) is 122 Å². The van der Waals surface area contributed by atoms with E-state index in [-0.39, 0.29) is 11.3 Å². The Morgan fingerprint density at radius 2 is 1.83 bits per heavy atom. The Balaban J connectivity index is 1.27. The van der Waals surface area contributed by atoms with Crippen LogP contribution in [0.15, 0.2) is 53.5 Å². The van der Waals surface area contributed by atoms with Gasteiger partial charge in [-0.25, -0.2) is 15.0 Å². The summed E-state index contributed by atoms with van der Waals surface area (Å²) in [6.07, 6.45) is 5.10. The number of rotatable bonds is 9. The molecule has 41 heavy (non-hydrogen) atoms. The van der Waals surface area contributed by atoms with Gasteiger partial charge in [0.05, 0.1) is 13.2 Å². The van der Waals surface area contributed by atoms with Crippen LogP contribution in [0.25, 0.3) is 5.82 Å². The van der Waals surface area contributed by atoms with E-state index in [0.29, 0.717) is 23.2 Å². The first-order valence-corrected chi connectivity index (χ1v) is 13.9. The molecule has 5 rings (SSSR count). The molecule has 216 valence electrons. The number of aryl methyl sites for hydroxylation is 2. The van der Waals surface area contributed by atoms with Crippen LogP contribution >= 0.6 is 0 Å². The SMILES string of the molecule is Cc1ccc(NC(=O)c2oc(C(C)(C)C)cc2C)cc1Nc1nccn1-c1cc(NCCN2CCOCC2)ncn1. The van der Waals surface area contributed by atoms with Crippen LogP contribution in [0.1, 0.15) is 48.2 Å². The summed E-state index contributed by atoms with van der Waals surface area (Å²) in [5.41, 5.74) is 3.06. The molecule has 3 N–H and O–H groups in total. The summed E-state index contributed by atoms with van der Waals surface area (Å²) >= 11 is 0. The molecule has 4 heterocycles. The molecular weight excluding hydrogens is 520 g/mol. The Kier molecular flexibility index (Phi) is 8.36. The van der Waals surface area contributed by atoms with Crippen molar-refractivity contribution in [3.63, 3.8) is 0 Å². The van der Waals surface area contributed by atoms with Crippen molar-refractivity contribution in [1.29, 1.82) is 0 Å². The standard InChI is InChI=1S/C30H38N8O3/c1-20-6-7-22(35-28(39)27-21(2)16-24(41-27)30(3,4)5)17-23(20)36-29-32-9-11-38(29)26-18-25(33-19-34-26)31-8-10-37-12-14-40-15-13-37/h6-7,9,11,16-19H,8,10,12-15H2,1-5H3,(H,32,36)(H,35,39)(H,31,33,34). The number of carbonyl (C=O) groups is 1. The van der Waals surface area contributed by atoms with Crippen molar-refractivity contribution < 1.29 is 13.9 Å². The lowest BCUT2D eigenvalue weighted by Gasteiger charge is -2.26. The first-order chi connectivity index (χ1) is 19.7. The monoisotopic (exact) mass is 558 g/mol. The molecule has 1 aromatic carbocycles. The number of anilines is 4. The Bertz CT molecular complexity index is 1500. The minimum Gasteiger partial charge on any atom is -0.455 e. The Morgan fingerprint density at radius 3 is 2.59 bits per heavy atom. The van der Waals surface area contributed by atoms with Gasteiger partial charge in [-0.05, 0) is 37.6 Å². The highest BCUT2D eigenvalue weighted by Gasteiger charge is 2.23. The largest absolute Gasteiger partial charge is 0.455 e. The number of carbonyl (C=O) groups excluding carboxylic acids is 1. The van der Waals surface area contributed by atoms with E-state index in [1.54, 1.807) is 12.5 Å². The van der Waals surface area contributed by atoms with Crippen LogP contribution < -0.4 is 16.0 Å². The number of amides is 1. The van der Waals surface area contributed by atoms with Gasteiger partial charge in [-0.2, -0.15) is 0 Å². The fraction of sp³-hybridized carbons (Fsp3) is 0.400. The number of ether oxygens (including phenoxy) is 1. The van der Waals surface area contributed by atoms with E-state index < -0.39 is 0 Å². The molecule has 11 heteroatoms. The smallest absolute Gasteiger partial charge is 0.291 e. The van der Waals surface area contributed by atoms with Crippen LogP contribution in [0.3, 0.4) is 0 Å². The lowest BCUT2D eigenvalue weighted by molar-refractivity contribution is 0.0398. The van der Waals surface area contributed by atoms with Crippen molar-refractivity contribution in [2.75, 3.05) is 55.3 Å². The van der Waals surface area contributed by atoms with Gasteiger partial charge in [-0.1, -0.05) is 26.8 Å². The number of hydrogen-bond donors (Lipinski definition) is 3. The second kappa shape index (κ2) is 12.1. The molecule has 0 saturated carbocycles. The van der Waals surface area contributed by atoms with Crippen LogP contribution in [-0.4, -0.2) is 69.7 Å². The van der Waals surface area contributed by atoms with Gasteiger partial charge in [0.2, 0.25) is 5.95 Å². The average Bonchev–Trinajstić information content (AvgIpc) is 3.58. The predicted molar refractivity (Wildman–Crippen MR) is 159 cm³/mol. The molecule has 0 unspecified atom stereocenters. The van der Waals surface area contributed by atoms with Crippen molar-refractivity contribution in [3.05, 3.63) is 71.7 Å². The third-order valence-corrected chi connectivity index (χ3v) is 6.98. The van der Waals surface area contributed by atoms with Crippen molar-refractivity contribution >= 4 is 29.0 Å². The van der Waals surface area contributed by atoms with E-state index in [2.05, 4.69) is 56.6 Å². The van der Waals surface area contributed by atoms with Gasteiger partial charge >= 0.3 is 0 Å². The zero-order valence-corrected chi connectivity index (χ0v) is 24.3. The van der Waals surface area contributed by atoms with Crippen molar-refractivity contribution in [2.45, 2.75) is 40.0 Å². The highest BCUT2D eigenvalue weighted by molar-refractivity contribution is 6.03. The average molecular weight is 559 g/mol. The maximum absolute atomic E-state index is 13.1. The Hall–Kier alpha value is -4.22. The molecule has 4 aromatic rings. The van der Waals surface area contributed by atoms with E-state index in [4.69, 9.17) is 9.15 Å². The zero-order valence-electron chi connectivity index (χ0n) is 24.3. The number of benzene rings is 1. The van der Waals surface area contributed by atoms with Gasteiger partial charge < -0.3 is 25.1 Å². The summed E-state index contributed by atoms with van der Waals surface area (Å²) in [4.78, 5) is 28.8. The lowest BCUT2D eigenvalue weighted by Crippen LogP contribution is -2.39. The number of morpholine rings is 1. The van der Waals surface area contributed by atoms with Crippen LogP contribution in [0.5, 0.6) is 0 Å². The fourth-order valence-corrected chi connectivity index (χ4v) is 4.54. The summed E-state index contributed by atoms with van der Waals surface area (Å²) in [6.45, 7) is 15.2. The molecule has 1 fully saturated rings. The van der Waals surface area contributed by atoms with Crippen LogP contribution in [0.4, 0.5) is 23.1 Å². The molecule has 0 radical (unpaired) electrons. The third-order valence-electron chi connectivity index (χ3n) is 6.98. The lowest BCUT2D eigenvalue weighted by atomic mass is 9.93. The summed E-state index contributed by atoms with van der Waals surface area (Å²) < 4.78 is 13.2. The van der Waals surface area contributed by atoms with Gasteiger partial charge in [0.1, 0.15) is 23.7 Å². The molecule has 1 amide bonds. The maximum Gasteiger partial charge on any atom is 0.291 e. The first kappa shape index (κ1) is 28.3. The van der Waals surface area contributed by atoms with Crippen LogP contribution in [0.2, 0.25) is 0 Å². The van der Waals surface area contributed by atoms with Gasteiger partial charge in [-0.15, -0.1) is 0 Å². The number of aromatic nitrogens is 4. The minimum absolute atomic E-state index is 0.185. The molecule has 1 aliphatic heterocycles. The fourth-order valence-electron chi connectivity index (χ4n) is 4.54. The molecule has 1 saturated heterocycles. The maximum atomic E-state index is 13.1. The van der Waals surface area contributed by atoms with Crippen LogP contribution in [-0.2, 0) is 10.2 Å². The van der Waals surface area contributed by atoms with Crippen molar-refractivity contribution in [2.24, 2.45) is 0 Å². The highest BCUT2D eigenvalue weighted by Crippen LogP contribution is 2.29. The summed E-state index contributed by atoms with van der Waals surface area (Å²) in [5, 5.41) is 9.75. The minimum atomic E-state index is -0.288. The predicted octanol–water partition coefficient (Wildman–Crippen LogP) is 4.91. The van der Waals surface area contributed by atoms with Crippen molar-refractivity contribution in [1.82, 2.24) is 24.4 Å². The first-order valence-electron chi connectivity index (χ1n) is 13.9. The number of nitrogens with zero attached hydrogens (tertiary/aromatic N) is 5. The second-order valence-corrected chi connectivity index (χ2v) is 11.2. The zero-order chi connectivity index (χ0) is 29.0. The molecule has 0 aliphatic carbocycles. The Morgan fingerprint density at radius 1 is 1.02 bits per heavy atom. The molecule has 0 spiro atoms. The third kappa shape index (κ3) is 6.93. The number of nitrogens with one attached hydrogen (secondary N) is 3. The van der Waals surface area contributed by atoms with Gasteiger partial charge in [0, 0.05) is 67.0 Å². The molecule has 11 nitrogen and oxygen atoms in total. The summed E-state index contributed by atoms with van der Waals surface area (Å²) in [5.74, 6) is 2.82. The van der Waals surface area contributed by atoms with Crippen LogP contribution in [0, 0.1) is 13.8 Å². The normalized spacial score (nSPS) is 14.2. The molecular formula is C30H38N8O3. The highest BCUT2D eigenvalue weighted by atomic mass is 16.5. The number of furan rings is 1. The van der Waals surface area contributed by atoms with E-state index in [1.165, 1.54) is 0 Å². The molecule has 1 aliphatic rings. The molecule has 3 aromatic heterocycles. The van der Waals surface area contributed by atoms with E-state index in [0.717, 1.165) is 67.8 Å². The molecule has 0 bridgehead atoms. The van der Waals surface area contributed by atoms with E-state index in [9.17, 15) is 4.79 Å². The van der Waals surface area contributed by atoms with Gasteiger partial charge in [-0.3, -0.25) is 14.3 Å². The summed E-state index contributed by atoms with van der Waals surface area (Å²) in [7, 11) is 0. The quantitative estimate of drug-likeness (QED) is 0.263. The Labute approximate surface area is 240 Å². The number of imidazole rings is 1. The number of hydrogen-bond acceptors (Lipinski definition) is 9. The van der Waals surface area contributed by atoms with Gasteiger partial charge in [0.15, 0.2) is 5.76 Å². The van der Waals surface area contributed by atoms with E-state index in [1.807, 2.05) is 54.9 Å². The second-order valence-electron chi connectivity index (χ2n) is 11.2. The summed E-state index contributed by atoms with van der Waals surface area (Å²) in [6, 6.07) is 9.52. The van der Waals surface area contributed by atoms with E-state index >= 15 is 0 Å². The molecule has 0 atom stereocenters. The van der Waals surface area contributed by atoms with Crippen molar-refractivity contribution in [3.8, 4) is 5.82 Å².